The third kappa shape index (κ3) is 7.15. The van der Waals surface area contributed by atoms with Crippen LogP contribution in [0.1, 0.15) is 31.1 Å². The maximum Gasteiger partial charge on any atom is 0.338 e. The van der Waals surface area contributed by atoms with Crippen LogP contribution in [0.2, 0.25) is 0 Å². The number of esters is 3. The molecule has 0 unspecified atom stereocenters. The topological polar surface area (TPSA) is 131 Å². The maximum atomic E-state index is 12.3. The van der Waals surface area contributed by atoms with Crippen molar-refractivity contribution in [2.24, 2.45) is 0 Å². The lowest BCUT2D eigenvalue weighted by Crippen LogP contribution is -2.14. The second-order valence-corrected chi connectivity index (χ2v) is 5.64. The van der Waals surface area contributed by atoms with Gasteiger partial charge in [0.2, 0.25) is 0 Å². The molecule has 9 heteroatoms. The summed E-state index contributed by atoms with van der Waals surface area (Å²) >= 11 is 0. The van der Waals surface area contributed by atoms with Gasteiger partial charge >= 0.3 is 17.9 Å². The molecule has 1 rings (SSSR count). The summed E-state index contributed by atoms with van der Waals surface area (Å²) in [7, 11) is 0. The monoisotopic (exact) mass is 405 g/mol. The van der Waals surface area contributed by atoms with E-state index in [0.717, 1.165) is 18.2 Å². The molecule has 0 bridgehead atoms. The first kappa shape index (κ1) is 23.4. The van der Waals surface area contributed by atoms with Crippen LogP contribution in [0.4, 0.5) is 0 Å². The number of nitrogens with zero attached hydrogens (tertiary/aromatic N) is 3. The van der Waals surface area contributed by atoms with E-state index >= 15 is 0 Å². The second-order valence-electron chi connectivity index (χ2n) is 5.64. The van der Waals surface area contributed by atoms with Gasteiger partial charge in [-0.05, 0) is 18.2 Å². The van der Waals surface area contributed by atoms with Gasteiger partial charge in [-0.15, -0.1) is 0 Å². The molecule has 0 aromatic heterocycles. The highest BCUT2D eigenvalue weighted by atomic mass is 16.5. The highest BCUT2D eigenvalue weighted by Crippen LogP contribution is 2.15. The van der Waals surface area contributed by atoms with E-state index in [2.05, 4.69) is 24.6 Å². The van der Waals surface area contributed by atoms with E-state index in [0.29, 0.717) is 0 Å². The van der Waals surface area contributed by atoms with Crippen LogP contribution in [0.25, 0.3) is 4.85 Å². The van der Waals surface area contributed by atoms with E-state index in [1.165, 1.54) is 0 Å². The smallest absolute Gasteiger partial charge is 0.338 e. The molecule has 0 radical (unpaired) electrons. The lowest BCUT2D eigenvalue weighted by atomic mass is 10.1. The lowest BCUT2D eigenvalue weighted by molar-refractivity contribution is 0.0540. The Bertz CT molecular complexity index is 904. The molecule has 0 heterocycles. The van der Waals surface area contributed by atoms with Crippen molar-refractivity contribution in [1.29, 1.82) is 10.5 Å². The van der Waals surface area contributed by atoms with Gasteiger partial charge in [0.15, 0.2) is 5.70 Å². The van der Waals surface area contributed by atoms with E-state index in [9.17, 15) is 14.4 Å². The molecule has 0 N–H and O–H groups in total. The zero-order chi connectivity index (χ0) is 22.7. The van der Waals surface area contributed by atoms with Crippen molar-refractivity contribution >= 4 is 17.9 Å². The summed E-state index contributed by atoms with van der Waals surface area (Å²) in [5.74, 6) is -2.78. The predicted octanol–water partition coefficient (Wildman–Crippen LogP) is 2.75. The number of carbonyl (C=O) groups excluding carboxylic acids is 3. The van der Waals surface area contributed by atoms with E-state index in [4.69, 9.17) is 31.3 Å². The Balaban J connectivity index is 3.18. The summed E-state index contributed by atoms with van der Waals surface area (Å²) < 4.78 is 14.7. The summed E-state index contributed by atoms with van der Waals surface area (Å²) in [5.41, 5.74) is -0.607. The van der Waals surface area contributed by atoms with Crippen LogP contribution >= 0.6 is 0 Å². The van der Waals surface area contributed by atoms with Crippen LogP contribution in [0.5, 0.6) is 0 Å². The fourth-order valence-corrected chi connectivity index (χ4v) is 1.78. The van der Waals surface area contributed by atoms with E-state index < -0.39 is 17.9 Å². The fourth-order valence-electron chi connectivity index (χ4n) is 1.78. The first-order valence-electron chi connectivity index (χ1n) is 8.09. The first-order valence-corrected chi connectivity index (χ1v) is 8.09. The molecule has 9 nitrogen and oxygen atoms in total. The average molecular weight is 405 g/mol. The van der Waals surface area contributed by atoms with Crippen LogP contribution in [0.3, 0.4) is 0 Å². The Labute approximate surface area is 172 Å². The third-order valence-corrected chi connectivity index (χ3v) is 3.24. The predicted molar refractivity (Wildman–Crippen MR) is 103 cm³/mol. The minimum absolute atomic E-state index is 0.00813. The van der Waals surface area contributed by atoms with Crippen molar-refractivity contribution in [3.05, 3.63) is 82.9 Å². The number of carbonyl (C=O) groups is 3. The fraction of sp³-hybridized carbons (Fsp3) is 0.143. The maximum absolute atomic E-state index is 12.3. The zero-order valence-electron chi connectivity index (χ0n) is 15.8. The molecule has 0 aliphatic heterocycles. The van der Waals surface area contributed by atoms with Crippen molar-refractivity contribution < 1.29 is 28.6 Å². The van der Waals surface area contributed by atoms with Gasteiger partial charge < -0.3 is 14.2 Å². The summed E-state index contributed by atoms with van der Waals surface area (Å²) in [5, 5.41) is 17.4. The summed E-state index contributed by atoms with van der Waals surface area (Å²) in [6.07, 6.45) is 0. The minimum Gasteiger partial charge on any atom is -0.469 e. The van der Waals surface area contributed by atoms with Gasteiger partial charge in [0.1, 0.15) is 19.8 Å². The van der Waals surface area contributed by atoms with Gasteiger partial charge in [0.05, 0.1) is 46.5 Å². The van der Waals surface area contributed by atoms with Gasteiger partial charge in [0.25, 0.3) is 0 Å². The zero-order valence-corrected chi connectivity index (χ0v) is 15.8. The number of rotatable bonds is 9. The summed E-state index contributed by atoms with van der Waals surface area (Å²) in [4.78, 5) is 39.8. The van der Waals surface area contributed by atoms with Crippen LogP contribution in [-0.2, 0) is 14.2 Å². The normalized spacial score (nSPS) is 9.10. The van der Waals surface area contributed by atoms with Crippen molar-refractivity contribution in [2.45, 2.75) is 0 Å². The molecule has 0 aliphatic rings. The summed E-state index contributed by atoms with van der Waals surface area (Å²) in [6.45, 7) is 15.8. The number of nitriles is 2. The average Bonchev–Trinajstić information content (AvgIpc) is 2.77. The van der Waals surface area contributed by atoms with Crippen molar-refractivity contribution in [3.63, 3.8) is 0 Å². The van der Waals surface area contributed by atoms with Gasteiger partial charge in [0, 0.05) is 0 Å². The molecule has 0 amide bonds. The molecule has 30 heavy (non-hydrogen) atoms. The Morgan fingerprint density at radius 2 is 1.13 bits per heavy atom. The van der Waals surface area contributed by atoms with Crippen LogP contribution < -0.4 is 0 Å². The largest absolute Gasteiger partial charge is 0.469 e. The van der Waals surface area contributed by atoms with Crippen LogP contribution in [-0.4, -0.2) is 37.7 Å². The van der Waals surface area contributed by atoms with E-state index in [1.807, 2.05) is 0 Å². The highest BCUT2D eigenvalue weighted by molar-refractivity contribution is 6.00. The molecule has 0 saturated heterocycles. The van der Waals surface area contributed by atoms with Crippen molar-refractivity contribution in [1.82, 2.24) is 0 Å². The Morgan fingerprint density at radius 3 is 1.43 bits per heavy atom. The molecule has 0 fully saturated rings. The molecule has 0 aliphatic carbocycles. The van der Waals surface area contributed by atoms with Gasteiger partial charge in [-0.3, -0.25) is 0 Å². The minimum atomic E-state index is -0.929. The second kappa shape index (κ2) is 11.2. The Hall–Kier alpha value is -4.68. The SMILES string of the molecule is [C-]#[N+]C(=C)COC(=O)c1cc(C(=O)OCC(=C)C#N)cc(C(=O)OCC(=C)C#N)c1. The van der Waals surface area contributed by atoms with Gasteiger partial charge in [-0.2, -0.15) is 10.5 Å². The Kier molecular flexibility index (Phi) is 8.74. The van der Waals surface area contributed by atoms with Crippen molar-refractivity contribution in [2.75, 3.05) is 19.8 Å². The number of benzene rings is 1. The van der Waals surface area contributed by atoms with Gasteiger partial charge in [-0.1, -0.05) is 19.7 Å². The van der Waals surface area contributed by atoms with Gasteiger partial charge in [-0.25, -0.2) is 19.2 Å². The molecule has 0 atom stereocenters. The first-order chi connectivity index (χ1) is 14.2. The molecule has 0 saturated carbocycles. The summed E-state index contributed by atoms with van der Waals surface area (Å²) in [6, 6.07) is 6.77. The lowest BCUT2D eigenvalue weighted by Gasteiger charge is -2.10. The number of ether oxygens (including phenoxy) is 3. The molecule has 150 valence electrons. The van der Waals surface area contributed by atoms with Crippen LogP contribution in [0.15, 0.2) is 54.8 Å². The third-order valence-electron chi connectivity index (χ3n) is 3.24. The highest BCUT2D eigenvalue weighted by Gasteiger charge is 2.19. The standard InChI is InChI=1S/C21H15N3O6/c1-13(8-22)10-28-19(25)16-5-17(20(26)29-11-14(2)9-23)7-18(6-16)21(27)30-12-15(3)24-4/h5-7H,1-3,10-12H2. The van der Waals surface area contributed by atoms with Crippen molar-refractivity contribution in [3.8, 4) is 12.1 Å². The molecular weight excluding hydrogens is 390 g/mol. The quantitative estimate of drug-likeness (QED) is 0.265. The number of hydrogen-bond acceptors (Lipinski definition) is 8. The Morgan fingerprint density at radius 1 is 0.800 bits per heavy atom. The van der Waals surface area contributed by atoms with Crippen LogP contribution in [0, 0.1) is 29.2 Å². The van der Waals surface area contributed by atoms with E-state index in [1.54, 1.807) is 12.1 Å². The number of hydrogen-bond donors (Lipinski definition) is 0. The molecular formula is C21H15N3O6. The molecule has 1 aromatic rings. The molecule has 0 spiro atoms. The van der Waals surface area contributed by atoms with E-state index in [-0.39, 0.29) is 53.4 Å². The molecule has 1 aromatic carbocycles.